The van der Waals surface area contributed by atoms with Gasteiger partial charge in [0.05, 0.1) is 0 Å². The number of halogens is 1. The minimum Gasteiger partial charge on any atom is -0.479 e. The minimum absolute atomic E-state index is 0.139. The number of aromatic nitrogens is 1. The van der Waals surface area contributed by atoms with E-state index in [1.54, 1.807) is 6.08 Å². The number of hydrogen-bond donors (Lipinski definition) is 2. The van der Waals surface area contributed by atoms with E-state index in [0.717, 1.165) is 11.3 Å². The highest BCUT2D eigenvalue weighted by Crippen LogP contribution is 2.16. The maximum Gasteiger partial charge on any atom is 0.330 e. The van der Waals surface area contributed by atoms with Crippen molar-refractivity contribution in [3.63, 3.8) is 0 Å². The van der Waals surface area contributed by atoms with Gasteiger partial charge in [0.15, 0.2) is 5.01 Å². The summed E-state index contributed by atoms with van der Waals surface area (Å²) in [5.74, 6) is -1.68. The van der Waals surface area contributed by atoms with Crippen LogP contribution in [-0.2, 0) is 4.79 Å². The molecule has 5 nitrogen and oxygen atoms in total. The molecule has 0 bridgehead atoms. The molecule has 1 aromatic rings. The Labute approximate surface area is 120 Å². The number of allylic oxidation sites excluding steroid dienone is 1. The van der Waals surface area contributed by atoms with Gasteiger partial charge in [0.2, 0.25) is 0 Å². The Kier molecular flexibility index (Phi) is 5.08. The molecule has 2 N–H and O–H groups in total. The van der Waals surface area contributed by atoms with Gasteiger partial charge in [0.25, 0.3) is 5.91 Å². The van der Waals surface area contributed by atoms with Crippen LogP contribution < -0.4 is 5.32 Å². The lowest BCUT2D eigenvalue weighted by molar-refractivity contribution is -0.137. The molecule has 104 valence electrons. The number of rotatable bonds is 4. The molecule has 1 unspecified atom stereocenters. The number of nitrogens with zero attached hydrogens (tertiary/aromatic N) is 1. The predicted molar refractivity (Wildman–Crippen MR) is 74.6 cm³/mol. The Morgan fingerprint density at radius 3 is 2.58 bits per heavy atom. The second kappa shape index (κ2) is 6.16. The SMILES string of the molecule is CC(C)(C)/C=C/C(NC(=O)c1nc(Cl)cs1)C(=O)O. The largest absolute Gasteiger partial charge is 0.479 e. The topological polar surface area (TPSA) is 79.3 Å². The smallest absolute Gasteiger partial charge is 0.330 e. The van der Waals surface area contributed by atoms with Gasteiger partial charge in [-0.2, -0.15) is 0 Å². The maximum atomic E-state index is 11.8. The highest BCUT2D eigenvalue weighted by Gasteiger charge is 2.20. The summed E-state index contributed by atoms with van der Waals surface area (Å²) in [6.07, 6.45) is 3.19. The number of carboxylic acids is 1. The third-order valence-electron chi connectivity index (χ3n) is 2.01. The number of amides is 1. The summed E-state index contributed by atoms with van der Waals surface area (Å²) in [6.45, 7) is 5.81. The van der Waals surface area contributed by atoms with Crippen molar-refractivity contribution in [1.82, 2.24) is 10.3 Å². The van der Waals surface area contributed by atoms with Gasteiger partial charge in [0.1, 0.15) is 11.2 Å². The van der Waals surface area contributed by atoms with Crippen LogP contribution in [0, 0.1) is 5.41 Å². The molecule has 0 aliphatic carbocycles. The van der Waals surface area contributed by atoms with Crippen molar-refractivity contribution in [3.8, 4) is 0 Å². The first-order chi connectivity index (χ1) is 8.69. The highest BCUT2D eigenvalue weighted by atomic mass is 35.5. The van der Waals surface area contributed by atoms with Crippen molar-refractivity contribution in [3.05, 3.63) is 27.7 Å². The first-order valence-corrected chi connectivity index (χ1v) is 6.79. The van der Waals surface area contributed by atoms with Crippen molar-refractivity contribution < 1.29 is 14.7 Å². The number of carbonyl (C=O) groups excluding carboxylic acids is 1. The first-order valence-electron chi connectivity index (χ1n) is 5.53. The fourth-order valence-electron chi connectivity index (χ4n) is 1.14. The van der Waals surface area contributed by atoms with Crippen LogP contribution in [-0.4, -0.2) is 28.0 Å². The second-order valence-corrected chi connectivity index (χ2v) is 6.24. The number of aliphatic carboxylic acids is 1. The normalized spacial score (nSPS) is 13.5. The monoisotopic (exact) mass is 302 g/mol. The number of carboxylic acid groups (broad SMARTS) is 1. The third kappa shape index (κ3) is 5.40. The van der Waals surface area contributed by atoms with Gasteiger partial charge in [-0.05, 0) is 5.41 Å². The van der Waals surface area contributed by atoms with E-state index in [9.17, 15) is 9.59 Å². The van der Waals surface area contributed by atoms with Crippen molar-refractivity contribution in [2.24, 2.45) is 5.41 Å². The van der Waals surface area contributed by atoms with Crippen LogP contribution in [0.15, 0.2) is 17.5 Å². The van der Waals surface area contributed by atoms with Crippen molar-refractivity contribution >= 4 is 34.8 Å². The van der Waals surface area contributed by atoms with Crippen molar-refractivity contribution in [2.75, 3.05) is 0 Å². The van der Waals surface area contributed by atoms with Crippen LogP contribution in [0.4, 0.5) is 0 Å². The Morgan fingerprint density at radius 2 is 2.16 bits per heavy atom. The Balaban J connectivity index is 2.77. The molecule has 1 atom stereocenters. The van der Waals surface area contributed by atoms with Gasteiger partial charge in [-0.15, -0.1) is 11.3 Å². The van der Waals surface area contributed by atoms with Gasteiger partial charge in [-0.1, -0.05) is 44.5 Å². The van der Waals surface area contributed by atoms with Crippen LogP contribution >= 0.6 is 22.9 Å². The summed E-state index contributed by atoms with van der Waals surface area (Å²) in [6, 6.07) is -1.09. The van der Waals surface area contributed by atoms with Crippen LogP contribution in [0.3, 0.4) is 0 Å². The molecule has 1 rings (SSSR count). The zero-order chi connectivity index (χ0) is 14.6. The molecule has 7 heteroatoms. The average Bonchev–Trinajstić information content (AvgIpc) is 2.69. The zero-order valence-corrected chi connectivity index (χ0v) is 12.4. The van der Waals surface area contributed by atoms with E-state index in [0.29, 0.717) is 0 Å². The van der Waals surface area contributed by atoms with Gasteiger partial charge in [-0.25, -0.2) is 9.78 Å². The molecular formula is C12H15ClN2O3S. The Hall–Kier alpha value is -1.40. The third-order valence-corrected chi connectivity index (χ3v) is 3.18. The zero-order valence-electron chi connectivity index (χ0n) is 10.8. The van der Waals surface area contributed by atoms with Crippen molar-refractivity contribution in [1.29, 1.82) is 0 Å². The number of carbonyl (C=O) groups is 2. The predicted octanol–water partition coefficient (Wildman–Crippen LogP) is 2.58. The van der Waals surface area contributed by atoms with E-state index in [4.69, 9.17) is 16.7 Å². The van der Waals surface area contributed by atoms with Gasteiger partial charge >= 0.3 is 5.97 Å². The quantitative estimate of drug-likeness (QED) is 0.838. The molecule has 0 saturated carbocycles. The second-order valence-electron chi connectivity index (χ2n) is 4.99. The highest BCUT2D eigenvalue weighted by molar-refractivity contribution is 7.12. The summed E-state index contributed by atoms with van der Waals surface area (Å²) in [7, 11) is 0. The summed E-state index contributed by atoms with van der Waals surface area (Å²) < 4.78 is 0. The maximum absolute atomic E-state index is 11.8. The minimum atomic E-state index is -1.13. The van der Waals surface area contributed by atoms with Crippen LogP contribution in [0.2, 0.25) is 5.15 Å². The fraction of sp³-hybridized carbons (Fsp3) is 0.417. The van der Waals surface area contributed by atoms with E-state index >= 15 is 0 Å². The van der Waals surface area contributed by atoms with E-state index in [1.807, 2.05) is 20.8 Å². The summed E-state index contributed by atoms with van der Waals surface area (Å²) in [5, 5.41) is 13.3. The van der Waals surface area contributed by atoms with Gasteiger partial charge in [0, 0.05) is 5.38 Å². The average molecular weight is 303 g/mol. The lowest BCUT2D eigenvalue weighted by atomic mass is 9.95. The van der Waals surface area contributed by atoms with E-state index < -0.39 is 17.9 Å². The lowest BCUT2D eigenvalue weighted by Gasteiger charge is -2.14. The Morgan fingerprint density at radius 1 is 1.53 bits per heavy atom. The first kappa shape index (κ1) is 15.7. The molecule has 0 radical (unpaired) electrons. The fourth-order valence-corrected chi connectivity index (χ4v) is 1.99. The Bertz CT molecular complexity index is 505. The van der Waals surface area contributed by atoms with Crippen LogP contribution in [0.5, 0.6) is 0 Å². The molecule has 0 aliphatic heterocycles. The number of thiazole rings is 1. The van der Waals surface area contributed by atoms with Crippen molar-refractivity contribution in [2.45, 2.75) is 26.8 Å². The van der Waals surface area contributed by atoms with E-state index in [1.165, 1.54) is 11.5 Å². The number of nitrogens with one attached hydrogen (secondary N) is 1. The number of hydrogen-bond acceptors (Lipinski definition) is 4. The van der Waals surface area contributed by atoms with E-state index in [2.05, 4.69) is 10.3 Å². The lowest BCUT2D eigenvalue weighted by Crippen LogP contribution is -2.39. The molecule has 1 heterocycles. The van der Waals surface area contributed by atoms with Gasteiger partial charge in [-0.3, -0.25) is 4.79 Å². The van der Waals surface area contributed by atoms with Crippen LogP contribution in [0.1, 0.15) is 30.6 Å². The van der Waals surface area contributed by atoms with E-state index in [-0.39, 0.29) is 15.6 Å². The summed E-state index contributed by atoms with van der Waals surface area (Å²) in [5.41, 5.74) is -0.164. The molecule has 0 fully saturated rings. The molecular weight excluding hydrogens is 288 g/mol. The van der Waals surface area contributed by atoms with Gasteiger partial charge < -0.3 is 10.4 Å². The summed E-state index contributed by atoms with van der Waals surface area (Å²) >= 11 is 6.68. The molecule has 19 heavy (non-hydrogen) atoms. The molecule has 0 aromatic carbocycles. The molecule has 0 saturated heterocycles. The summed E-state index contributed by atoms with van der Waals surface area (Å²) in [4.78, 5) is 26.6. The van der Waals surface area contributed by atoms with Crippen LogP contribution in [0.25, 0.3) is 0 Å². The molecule has 1 aromatic heterocycles. The standard InChI is InChI=1S/C12H15ClN2O3S/c1-12(2,3)5-4-7(11(17)18)14-9(16)10-15-8(13)6-19-10/h4-7H,1-3H3,(H,14,16)(H,17,18)/b5-4+. The molecule has 0 spiro atoms. The molecule has 1 amide bonds. The molecule has 0 aliphatic rings.